The minimum Gasteiger partial charge on any atom is -0.507 e. The van der Waals surface area contributed by atoms with Gasteiger partial charge in [-0.2, -0.15) is 0 Å². The lowest BCUT2D eigenvalue weighted by atomic mass is 10.1. The van der Waals surface area contributed by atoms with Crippen LogP contribution in [-0.4, -0.2) is 28.0 Å². The fourth-order valence-corrected chi connectivity index (χ4v) is 2.72. The van der Waals surface area contributed by atoms with E-state index in [0.29, 0.717) is 11.3 Å². The van der Waals surface area contributed by atoms with Crippen LogP contribution in [0.1, 0.15) is 36.6 Å². The lowest BCUT2D eigenvalue weighted by molar-refractivity contribution is 0.0693. The SMILES string of the molecule is Cc1cccc(C(=O)Nc2cccc(C(=O)Nc3ccc(O)c(C(=O)O)c3)c2)c1. The number of benzene rings is 3. The predicted octanol–water partition coefficient (Wildman–Crippen LogP) is 3.90. The van der Waals surface area contributed by atoms with E-state index < -0.39 is 17.6 Å². The second-order valence-electron chi connectivity index (χ2n) is 6.40. The maximum absolute atomic E-state index is 12.5. The third-order valence-electron chi connectivity index (χ3n) is 4.15. The zero-order valence-electron chi connectivity index (χ0n) is 15.5. The van der Waals surface area contributed by atoms with Gasteiger partial charge in [0.05, 0.1) is 0 Å². The van der Waals surface area contributed by atoms with Crippen LogP contribution in [0.4, 0.5) is 11.4 Å². The largest absolute Gasteiger partial charge is 0.507 e. The molecule has 0 saturated carbocycles. The molecule has 0 heterocycles. The number of hydrogen-bond donors (Lipinski definition) is 4. The molecule has 0 unspecified atom stereocenters. The Balaban J connectivity index is 1.75. The van der Waals surface area contributed by atoms with Crippen molar-refractivity contribution < 1.29 is 24.6 Å². The molecule has 2 amide bonds. The summed E-state index contributed by atoms with van der Waals surface area (Å²) in [6.07, 6.45) is 0. The monoisotopic (exact) mass is 390 g/mol. The van der Waals surface area contributed by atoms with Gasteiger partial charge in [-0.15, -0.1) is 0 Å². The molecular weight excluding hydrogens is 372 g/mol. The molecule has 3 aromatic carbocycles. The summed E-state index contributed by atoms with van der Waals surface area (Å²) in [5.41, 5.74) is 2.09. The highest BCUT2D eigenvalue weighted by Gasteiger charge is 2.13. The summed E-state index contributed by atoms with van der Waals surface area (Å²) in [6.45, 7) is 1.89. The molecule has 7 nitrogen and oxygen atoms in total. The highest BCUT2D eigenvalue weighted by molar-refractivity contribution is 6.07. The third kappa shape index (κ3) is 4.78. The number of nitrogens with one attached hydrogen (secondary N) is 2. The van der Waals surface area contributed by atoms with E-state index in [1.165, 1.54) is 24.3 Å². The van der Waals surface area contributed by atoms with E-state index >= 15 is 0 Å². The normalized spacial score (nSPS) is 10.2. The molecule has 0 spiro atoms. The minimum absolute atomic E-state index is 0.222. The Bertz CT molecular complexity index is 1110. The number of hydrogen-bond acceptors (Lipinski definition) is 4. The van der Waals surface area contributed by atoms with Crippen molar-refractivity contribution >= 4 is 29.2 Å². The smallest absolute Gasteiger partial charge is 0.339 e. The molecule has 7 heteroatoms. The van der Waals surface area contributed by atoms with Gasteiger partial charge in [0.2, 0.25) is 0 Å². The van der Waals surface area contributed by atoms with Crippen LogP contribution in [-0.2, 0) is 0 Å². The average Bonchev–Trinajstić information content (AvgIpc) is 2.69. The van der Waals surface area contributed by atoms with Crippen LogP contribution in [0.25, 0.3) is 0 Å². The van der Waals surface area contributed by atoms with Gasteiger partial charge >= 0.3 is 5.97 Å². The molecule has 0 aliphatic heterocycles. The number of aromatic carboxylic acids is 1. The Labute approximate surface area is 166 Å². The van der Waals surface area contributed by atoms with Crippen molar-refractivity contribution in [1.29, 1.82) is 0 Å². The standard InChI is InChI=1S/C22H18N2O5/c1-13-4-2-5-14(10-13)20(26)23-16-7-3-6-15(11-16)21(27)24-17-8-9-19(25)18(12-17)22(28)29/h2-12,25H,1H3,(H,23,26)(H,24,27)(H,28,29). The quantitative estimate of drug-likeness (QED) is 0.493. The van der Waals surface area contributed by atoms with E-state index in [2.05, 4.69) is 10.6 Å². The van der Waals surface area contributed by atoms with Gasteiger partial charge in [0.25, 0.3) is 11.8 Å². The van der Waals surface area contributed by atoms with Crippen LogP contribution in [0.2, 0.25) is 0 Å². The van der Waals surface area contributed by atoms with E-state index in [4.69, 9.17) is 5.11 Å². The lowest BCUT2D eigenvalue weighted by Gasteiger charge is -2.10. The van der Waals surface area contributed by atoms with Gasteiger partial charge in [-0.1, -0.05) is 23.8 Å². The molecule has 0 radical (unpaired) electrons. The van der Waals surface area contributed by atoms with E-state index in [1.54, 1.807) is 36.4 Å². The number of amides is 2. The van der Waals surface area contributed by atoms with E-state index in [-0.39, 0.29) is 22.7 Å². The number of rotatable bonds is 5. The number of aryl methyl sites for hydroxylation is 1. The maximum Gasteiger partial charge on any atom is 0.339 e. The third-order valence-corrected chi connectivity index (χ3v) is 4.15. The van der Waals surface area contributed by atoms with Gasteiger partial charge in [-0.25, -0.2) is 4.79 Å². The molecule has 0 aliphatic carbocycles. The van der Waals surface area contributed by atoms with Crippen molar-refractivity contribution in [3.05, 3.63) is 89.0 Å². The zero-order chi connectivity index (χ0) is 21.0. The summed E-state index contributed by atoms with van der Waals surface area (Å²) in [6, 6.07) is 17.3. The van der Waals surface area contributed by atoms with Crippen molar-refractivity contribution in [3.8, 4) is 5.75 Å². The summed E-state index contributed by atoms with van der Waals surface area (Å²) in [5.74, 6) is -2.48. The van der Waals surface area contributed by atoms with Crippen LogP contribution < -0.4 is 10.6 Å². The van der Waals surface area contributed by atoms with E-state index in [1.807, 2.05) is 13.0 Å². The average molecular weight is 390 g/mol. The molecule has 3 aromatic rings. The topological polar surface area (TPSA) is 116 Å². The zero-order valence-corrected chi connectivity index (χ0v) is 15.5. The Morgan fingerprint density at radius 3 is 1.97 bits per heavy atom. The van der Waals surface area contributed by atoms with Crippen molar-refractivity contribution in [2.24, 2.45) is 0 Å². The second kappa shape index (κ2) is 8.26. The van der Waals surface area contributed by atoms with Crippen molar-refractivity contribution in [2.75, 3.05) is 10.6 Å². The van der Waals surface area contributed by atoms with Crippen molar-refractivity contribution in [3.63, 3.8) is 0 Å². The molecule has 4 N–H and O–H groups in total. The molecule has 0 atom stereocenters. The van der Waals surface area contributed by atoms with Gasteiger partial charge in [-0.3, -0.25) is 9.59 Å². The molecule has 0 bridgehead atoms. The van der Waals surface area contributed by atoms with Gasteiger partial charge in [-0.05, 0) is 55.5 Å². The molecule has 29 heavy (non-hydrogen) atoms. The predicted molar refractivity (Wildman–Crippen MR) is 109 cm³/mol. The van der Waals surface area contributed by atoms with Gasteiger partial charge in [0, 0.05) is 22.5 Å². The molecule has 146 valence electrons. The molecule has 0 fully saturated rings. The minimum atomic E-state index is -1.31. The van der Waals surface area contributed by atoms with Gasteiger partial charge in [0.1, 0.15) is 11.3 Å². The molecule has 0 aromatic heterocycles. The van der Waals surface area contributed by atoms with Crippen LogP contribution in [0, 0.1) is 6.92 Å². The summed E-state index contributed by atoms with van der Waals surface area (Å²) >= 11 is 0. The number of aromatic hydroxyl groups is 1. The van der Waals surface area contributed by atoms with Gasteiger partial charge < -0.3 is 20.8 Å². The second-order valence-corrected chi connectivity index (χ2v) is 6.40. The Morgan fingerprint density at radius 2 is 1.34 bits per heavy atom. The summed E-state index contributed by atoms with van der Waals surface area (Å²) in [7, 11) is 0. The highest BCUT2D eigenvalue weighted by Crippen LogP contribution is 2.22. The highest BCUT2D eigenvalue weighted by atomic mass is 16.4. The fraction of sp³-hybridized carbons (Fsp3) is 0.0455. The number of carboxylic acids is 1. The Kier molecular flexibility index (Phi) is 5.59. The molecular formula is C22H18N2O5. The molecule has 3 rings (SSSR count). The van der Waals surface area contributed by atoms with E-state index in [9.17, 15) is 19.5 Å². The lowest BCUT2D eigenvalue weighted by Crippen LogP contribution is -2.15. The number of phenols is 1. The van der Waals surface area contributed by atoms with E-state index in [0.717, 1.165) is 5.56 Å². The molecule has 0 aliphatic rings. The maximum atomic E-state index is 12.5. The summed E-state index contributed by atoms with van der Waals surface area (Å²) in [4.78, 5) is 36.0. The summed E-state index contributed by atoms with van der Waals surface area (Å²) in [5, 5.41) is 23.9. The first kappa shape index (κ1) is 19.6. The number of carboxylic acid groups (broad SMARTS) is 1. The Hall–Kier alpha value is -4.13. The summed E-state index contributed by atoms with van der Waals surface area (Å²) < 4.78 is 0. The Morgan fingerprint density at radius 1 is 0.759 bits per heavy atom. The van der Waals surface area contributed by atoms with Crippen LogP contribution in [0.15, 0.2) is 66.7 Å². The van der Waals surface area contributed by atoms with Crippen molar-refractivity contribution in [2.45, 2.75) is 6.92 Å². The number of carbonyl (C=O) groups is 3. The van der Waals surface area contributed by atoms with Crippen LogP contribution in [0.5, 0.6) is 5.75 Å². The van der Waals surface area contributed by atoms with Crippen molar-refractivity contribution in [1.82, 2.24) is 0 Å². The number of anilines is 2. The first-order valence-electron chi connectivity index (χ1n) is 8.69. The first-order chi connectivity index (χ1) is 13.8. The van der Waals surface area contributed by atoms with Gasteiger partial charge in [0.15, 0.2) is 0 Å². The number of carbonyl (C=O) groups excluding carboxylic acids is 2. The van der Waals surface area contributed by atoms with Crippen LogP contribution in [0.3, 0.4) is 0 Å². The molecule has 0 saturated heterocycles. The first-order valence-corrected chi connectivity index (χ1v) is 8.69. The fourth-order valence-electron chi connectivity index (χ4n) is 2.72. The van der Waals surface area contributed by atoms with Crippen LogP contribution >= 0.6 is 0 Å².